The molecule has 0 aromatic carbocycles. The summed E-state index contributed by atoms with van der Waals surface area (Å²) in [7, 11) is 0. The van der Waals surface area contributed by atoms with Crippen LogP contribution in [0.3, 0.4) is 0 Å². The van der Waals surface area contributed by atoms with Gasteiger partial charge in [0.25, 0.3) is 0 Å². The van der Waals surface area contributed by atoms with Gasteiger partial charge in [0.1, 0.15) is 0 Å². The van der Waals surface area contributed by atoms with Crippen LogP contribution in [0.25, 0.3) is 0 Å². The van der Waals surface area contributed by atoms with Gasteiger partial charge in [0.2, 0.25) is 5.91 Å². The fourth-order valence-corrected chi connectivity index (χ4v) is 2.70. The Bertz CT molecular complexity index is 272. The molecule has 0 spiro atoms. The van der Waals surface area contributed by atoms with Crippen LogP contribution in [0.1, 0.15) is 19.8 Å². The summed E-state index contributed by atoms with van der Waals surface area (Å²) >= 11 is 0. The summed E-state index contributed by atoms with van der Waals surface area (Å²) < 4.78 is 5.20. The van der Waals surface area contributed by atoms with Gasteiger partial charge in [0, 0.05) is 45.2 Å². The lowest BCUT2D eigenvalue weighted by atomic mass is 10.1. The van der Waals surface area contributed by atoms with E-state index in [-0.39, 0.29) is 0 Å². The van der Waals surface area contributed by atoms with Crippen molar-refractivity contribution in [2.24, 2.45) is 0 Å². The Kier molecular flexibility index (Phi) is 4.36. The maximum atomic E-state index is 11.5. The van der Waals surface area contributed by atoms with Crippen LogP contribution in [0.5, 0.6) is 0 Å². The highest BCUT2D eigenvalue weighted by atomic mass is 16.5. The average Bonchev–Trinajstić information content (AvgIpc) is 2.68. The molecular weight excluding hydrogens is 220 g/mol. The number of β-amino-alcohol motifs (C(OH)–C–C–N with tert-alkyl or cyclic N) is 1. The summed E-state index contributed by atoms with van der Waals surface area (Å²) in [6.07, 6.45) is 1.25. The van der Waals surface area contributed by atoms with Crippen LogP contribution < -0.4 is 0 Å². The third-order valence-electron chi connectivity index (χ3n) is 3.56. The first-order valence-corrected chi connectivity index (χ1v) is 6.48. The van der Waals surface area contributed by atoms with E-state index >= 15 is 0 Å². The minimum Gasteiger partial charge on any atom is -0.389 e. The molecule has 0 saturated carbocycles. The number of rotatable bonds is 5. The van der Waals surface area contributed by atoms with Gasteiger partial charge in [0.15, 0.2) is 0 Å². The van der Waals surface area contributed by atoms with Crippen molar-refractivity contribution in [3.63, 3.8) is 0 Å². The molecule has 0 bridgehead atoms. The van der Waals surface area contributed by atoms with E-state index in [1.807, 2.05) is 11.8 Å². The number of hydrogen-bond donors (Lipinski definition) is 1. The Hall–Kier alpha value is -0.650. The minimum atomic E-state index is -0.418. The van der Waals surface area contributed by atoms with Gasteiger partial charge in [-0.05, 0) is 13.3 Å². The highest BCUT2D eigenvalue weighted by molar-refractivity contribution is 5.78. The van der Waals surface area contributed by atoms with Crippen LogP contribution in [0.4, 0.5) is 0 Å². The summed E-state index contributed by atoms with van der Waals surface area (Å²) in [5.74, 6) is 0.296. The molecule has 1 amide bonds. The predicted octanol–water partition coefficient (Wildman–Crippen LogP) is -0.310. The third kappa shape index (κ3) is 3.18. The van der Waals surface area contributed by atoms with Crippen LogP contribution in [0.2, 0.25) is 0 Å². The largest absolute Gasteiger partial charge is 0.389 e. The Labute approximate surface area is 102 Å². The molecule has 0 aromatic heterocycles. The molecule has 0 radical (unpaired) electrons. The quantitative estimate of drug-likeness (QED) is 0.718. The number of carbonyl (C=O) groups excluding carboxylic acids is 1. The zero-order valence-electron chi connectivity index (χ0n) is 10.5. The molecule has 17 heavy (non-hydrogen) atoms. The van der Waals surface area contributed by atoms with Crippen LogP contribution in [-0.4, -0.2) is 72.4 Å². The van der Waals surface area contributed by atoms with Crippen LogP contribution >= 0.6 is 0 Å². The smallest absolute Gasteiger partial charge is 0.222 e. The van der Waals surface area contributed by atoms with Crippen molar-refractivity contribution in [1.82, 2.24) is 9.80 Å². The molecule has 2 aliphatic rings. The lowest BCUT2D eigenvalue weighted by Crippen LogP contribution is -2.53. The predicted molar refractivity (Wildman–Crippen MR) is 63.7 cm³/mol. The van der Waals surface area contributed by atoms with Gasteiger partial charge in [0.05, 0.1) is 12.7 Å². The Morgan fingerprint density at radius 1 is 1.53 bits per heavy atom. The normalized spacial score (nSPS) is 27.3. The van der Waals surface area contributed by atoms with E-state index in [2.05, 4.69) is 4.90 Å². The molecule has 2 unspecified atom stereocenters. The van der Waals surface area contributed by atoms with Crippen molar-refractivity contribution in [3.8, 4) is 0 Å². The first kappa shape index (κ1) is 12.8. The van der Waals surface area contributed by atoms with Gasteiger partial charge in [-0.25, -0.2) is 0 Å². The highest BCUT2D eigenvalue weighted by Gasteiger charge is 2.35. The molecule has 2 heterocycles. The molecule has 98 valence electrons. The topological polar surface area (TPSA) is 53.0 Å². The first-order valence-electron chi connectivity index (χ1n) is 6.48. The second kappa shape index (κ2) is 5.80. The molecule has 5 heteroatoms. The molecule has 0 aliphatic carbocycles. The monoisotopic (exact) mass is 242 g/mol. The summed E-state index contributed by atoms with van der Waals surface area (Å²) in [6.45, 7) is 6.20. The Balaban J connectivity index is 1.75. The van der Waals surface area contributed by atoms with Gasteiger partial charge >= 0.3 is 0 Å². The van der Waals surface area contributed by atoms with Crippen molar-refractivity contribution in [3.05, 3.63) is 0 Å². The van der Waals surface area contributed by atoms with Gasteiger partial charge < -0.3 is 14.7 Å². The van der Waals surface area contributed by atoms with Crippen LogP contribution in [-0.2, 0) is 9.53 Å². The second-order valence-corrected chi connectivity index (χ2v) is 4.85. The van der Waals surface area contributed by atoms with Gasteiger partial charge in [-0.1, -0.05) is 0 Å². The summed E-state index contributed by atoms with van der Waals surface area (Å²) in [5, 5.41) is 9.78. The minimum absolute atomic E-state index is 0.296. The van der Waals surface area contributed by atoms with E-state index in [0.29, 0.717) is 38.1 Å². The number of aliphatic hydroxyl groups excluding tert-OH is 1. The molecule has 0 aromatic rings. The number of nitrogens with zero attached hydrogens (tertiary/aromatic N) is 2. The number of ether oxygens (including phenoxy) is 1. The molecule has 2 aliphatic heterocycles. The first-order chi connectivity index (χ1) is 8.20. The molecule has 2 saturated heterocycles. The number of piperazine rings is 1. The van der Waals surface area contributed by atoms with Gasteiger partial charge in [-0.15, -0.1) is 0 Å². The average molecular weight is 242 g/mol. The Morgan fingerprint density at radius 2 is 2.35 bits per heavy atom. The molecule has 5 nitrogen and oxygen atoms in total. The third-order valence-corrected chi connectivity index (χ3v) is 3.56. The molecular formula is C12H22N2O3. The standard InChI is InChI=1S/C12H22N2O3/c1-2-17-9-11(15)8-13-5-6-14-10(7-13)3-4-12(14)16/h10-11,15H,2-9H2,1H3. The Morgan fingerprint density at radius 3 is 3.12 bits per heavy atom. The van der Waals surface area contributed by atoms with Crippen molar-refractivity contribution in [2.75, 3.05) is 39.4 Å². The maximum absolute atomic E-state index is 11.5. The van der Waals surface area contributed by atoms with Gasteiger partial charge in [-0.3, -0.25) is 9.69 Å². The number of aliphatic hydroxyl groups is 1. The number of carbonyl (C=O) groups is 1. The molecule has 2 atom stereocenters. The summed E-state index contributed by atoms with van der Waals surface area (Å²) in [5.41, 5.74) is 0. The zero-order valence-corrected chi connectivity index (χ0v) is 10.5. The highest BCUT2D eigenvalue weighted by Crippen LogP contribution is 2.22. The molecule has 2 fully saturated rings. The lowest BCUT2D eigenvalue weighted by Gasteiger charge is -2.38. The van der Waals surface area contributed by atoms with E-state index in [9.17, 15) is 9.90 Å². The van der Waals surface area contributed by atoms with Crippen LogP contribution in [0, 0.1) is 0 Å². The van der Waals surface area contributed by atoms with Crippen molar-refractivity contribution >= 4 is 5.91 Å². The van der Waals surface area contributed by atoms with E-state index in [1.54, 1.807) is 0 Å². The van der Waals surface area contributed by atoms with Crippen LogP contribution in [0.15, 0.2) is 0 Å². The summed E-state index contributed by atoms with van der Waals surface area (Å²) in [4.78, 5) is 15.7. The number of amides is 1. The van der Waals surface area contributed by atoms with E-state index in [4.69, 9.17) is 4.74 Å². The van der Waals surface area contributed by atoms with Crippen molar-refractivity contribution in [2.45, 2.75) is 31.9 Å². The van der Waals surface area contributed by atoms with E-state index < -0.39 is 6.10 Å². The van der Waals surface area contributed by atoms with Gasteiger partial charge in [-0.2, -0.15) is 0 Å². The van der Waals surface area contributed by atoms with Crippen molar-refractivity contribution < 1.29 is 14.6 Å². The summed E-state index contributed by atoms with van der Waals surface area (Å²) in [6, 6.07) is 0.371. The number of hydrogen-bond acceptors (Lipinski definition) is 4. The SMILES string of the molecule is CCOCC(O)CN1CCN2C(=O)CCC2C1. The van der Waals surface area contributed by atoms with E-state index in [1.165, 1.54) is 0 Å². The van der Waals surface area contributed by atoms with Crippen molar-refractivity contribution in [1.29, 1.82) is 0 Å². The maximum Gasteiger partial charge on any atom is 0.222 e. The molecule has 2 rings (SSSR count). The fraction of sp³-hybridized carbons (Fsp3) is 0.917. The van der Waals surface area contributed by atoms with E-state index in [0.717, 1.165) is 26.1 Å². The second-order valence-electron chi connectivity index (χ2n) is 4.85. The lowest BCUT2D eigenvalue weighted by molar-refractivity contribution is -0.130. The zero-order chi connectivity index (χ0) is 12.3. The molecule has 1 N–H and O–H groups in total. The number of fused-ring (bicyclic) bond motifs is 1. The fourth-order valence-electron chi connectivity index (χ4n) is 2.70.